The topological polar surface area (TPSA) is 9.86 Å². The van der Waals surface area contributed by atoms with E-state index in [9.17, 15) is 0 Å². The summed E-state index contributed by atoms with van der Waals surface area (Å²) in [4.78, 5) is 0. The van der Waals surface area contributed by atoms with Crippen LogP contribution in [0.3, 0.4) is 0 Å². The summed E-state index contributed by atoms with van der Waals surface area (Å²) >= 11 is 0. The van der Waals surface area contributed by atoms with E-state index >= 15 is 0 Å². The van der Waals surface area contributed by atoms with Crippen LogP contribution in [-0.4, -0.2) is 158 Å². The van der Waals surface area contributed by atoms with E-state index in [1.54, 1.807) is 4.57 Å². The number of benzene rings is 7. The lowest BCUT2D eigenvalue weighted by Crippen LogP contribution is -2.56. The zero-order chi connectivity index (χ0) is 45.6. The number of fused-ring (bicyclic) bond motifs is 6. The Morgan fingerprint density at radius 3 is 0.952 bits per heavy atom. The molecule has 0 spiro atoms. The summed E-state index contributed by atoms with van der Waals surface area (Å²) in [5.74, 6) is 0. The third-order valence-corrected chi connectivity index (χ3v) is 12.2. The minimum Gasteiger partial charge on any atom is -0.312 e. The van der Waals surface area contributed by atoms with E-state index in [1.165, 1.54) is 4.57 Å². The second kappa shape index (κ2) is 15.2. The van der Waals surface area contributed by atoms with Crippen LogP contribution in [0.1, 0.15) is 0 Å². The van der Waals surface area contributed by atoms with Gasteiger partial charge >= 0.3 is 0 Å². The summed E-state index contributed by atoms with van der Waals surface area (Å²) < 4.78 is 3.24. The van der Waals surface area contributed by atoms with Crippen LogP contribution in [0.2, 0.25) is 0 Å². The van der Waals surface area contributed by atoms with E-state index in [1.807, 2.05) is 54.6 Å². The van der Waals surface area contributed by atoms with E-state index in [-0.39, 0.29) is 142 Å². The number of hydrogen-bond acceptors (Lipinski definition) is 0. The Morgan fingerprint density at radius 2 is 0.540 bits per heavy atom. The molecule has 63 heavy (non-hydrogen) atoms. The van der Waals surface area contributed by atoms with Gasteiger partial charge < -0.3 is 9.13 Å². The van der Waals surface area contributed by atoms with Gasteiger partial charge in [0.2, 0.25) is 0 Å². The summed E-state index contributed by atoms with van der Waals surface area (Å²) in [5.41, 5.74) is 3.27. The molecule has 0 fully saturated rings. The van der Waals surface area contributed by atoms with Gasteiger partial charge in [-0.25, -0.2) is 0 Å². The molecule has 21 heteroatoms. The first kappa shape index (κ1) is 43.6. The maximum Gasteiger partial charge on any atom is 0.115 e. The third kappa shape index (κ3) is 5.85. The number of nitrogens with zero attached hydrogens (tertiary/aromatic N) is 2. The van der Waals surface area contributed by atoms with Gasteiger partial charge in [0.25, 0.3) is 0 Å². The number of aromatic nitrogens is 2. The Kier molecular flexibility index (Phi) is 10.6. The van der Waals surface area contributed by atoms with E-state index < -0.39 is 0 Å². The van der Waals surface area contributed by atoms with Crippen LogP contribution < -0.4 is 104 Å². The monoisotopic (exact) mass is 750 g/mol. The van der Waals surface area contributed by atoms with Crippen molar-refractivity contribution in [3.05, 3.63) is 54.6 Å². The largest absolute Gasteiger partial charge is 0.312 e. The Balaban J connectivity index is 1.46. The Hall–Kier alpha value is -4.63. The minimum absolute atomic E-state index is 0.0237. The average Bonchev–Trinajstić information content (AvgIpc) is 3.83. The highest BCUT2D eigenvalue weighted by atomic mass is 15.0. The Morgan fingerprint density at radius 1 is 0.238 bits per heavy atom. The summed E-state index contributed by atoms with van der Waals surface area (Å²) in [6, 6.07) is 17.5. The summed E-state index contributed by atoms with van der Waals surface area (Å²) in [6.07, 6.45) is 0. The molecule has 0 bridgehead atoms. The van der Waals surface area contributed by atoms with Gasteiger partial charge in [-0.15, -0.1) is 38.2 Å². The number of hydrogen-bond donors (Lipinski definition) is 0. The molecule has 0 aliphatic carbocycles. The summed E-state index contributed by atoms with van der Waals surface area (Å²) in [6.45, 7) is 0. The maximum absolute atomic E-state index is 7.28. The van der Waals surface area contributed by atoms with Crippen molar-refractivity contribution in [2.45, 2.75) is 0 Å². The van der Waals surface area contributed by atoms with Gasteiger partial charge in [-0.1, -0.05) is 108 Å². The van der Waals surface area contributed by atoms with E-state index in [2.05, 4.69) is 0 Å². The van der Waals surface area contributed by atoms with Crippen molar-refractivity contribution >= 4 is 296 Å². The molecule has 0 aliphatic heterocycles. The van der Waals surface area contributed by atoms with E-state index in [4.69, 9.17) is 149 Å². The van der Waals surface area contributed by atoms with E-state index in [0.29, 0.717) is 27.5 Å². The molecule has 0 atom stereocenters. The molecule has 9 rings (SSSR count). The molecule has 9 aromatic rings. The molecule has 2 heterocycles. The van der Waals surface area contributed by atoms with Crippen molar-refractivity contribution in [2.75, 3.05) is 0 Å². The van der Waals surface area contributed by atoms with Crippen molar-refractivity contribution < 1.29 is 0 Å². The molecule has 244 valence electrons. The minimum atomic E-state index is -0.107. The fourth-order valence-corrected chi connectivity index (χ4v) is 8.91. The van der Waals surface area contributed by atoms with Crippen LogP contribution in [-0.2, 0) is 0 Å². The second-order valence-electron chi connectivity index (χ2n) is 15.4. The van der Waals surface area contributed by atoms with Gasteiger partial charge in [0.05, 0.1) is 0 Å². The Labute approximate surface area is 391 Å². The van der Waals surface area contributed by atoms with Crippen molar-refractivity contribution in [1.29, 1.82) is 0 Å². The van der Waals surface area contributed by atoms with Crippen LogP contribution in [0.5, 0.6) is 0 Å². The lowest BCUT2D eigenvalue weighted by molar-refractivity contribution is 1.19. The highest BCUT2D eigenvalue weighted by molar-refractivity contribution is 6.73. The van der Waals surface area contributed by atoms with Crippen LogP contribution in [0, 0.1) is 0 Å². The normalized spacial score (nSPS) is 11.7. The summed E-state index contributed by atoms with van der Waals surface area (Å²) in [5, 5.41) is 1.01. The maximum atomic E-state index is 7.28. The van der Waals surface area contributed by atoms with Crippen LogP contribution in [0.15, 0.2) is 54.6 Å². The van der Waals surface area contributed by atoms with Crippen LogP contribution in [0.25, 0.3) is 77.2 Å². The number of rotatable bonds is 4. The van der Waals surface area contributed by atoms with Crippen molar-refractivity contribution in [3.63, 3.8) is 0 Å². The predicted molar refractivity (Wildman–Crippen MR) is 288 cm³/mol. The molecule has 0 saturated carbocycles. The van der Waals surface area contributed by atoms with Gasteiger partial charge in [0.15, 0.2) is 0 Å². The zero-order valence-electron chi connectivity index (χ0n) is 33.6. The fraction of sp³-hybridized carbons (Fsp3) is 0. The predicted octanol–water partition coefficient (Wildman–Crippen LogP) is -11.7. The summed E-state index contributed by atoms with van der Waals surface area (Å²) in [7, 11) is 128. The quantitative estimate of drug-likeness (QED) is 0.159. The van der Waals surface area contributed by atoms with Gasteiger partial charge in [-0.05, 0) is 45.2 Å². The molecule has 0 unspecified atom stereocenters. The molecule has 7 aromatic carbocycles. The first-order chi connectivity index (χ1) is 29.8. The van der Waals surface area contributed by atoms with Crippen LogP contribution in [0.4, 0.5) is 0 Å². The third-order valence-electron chi connectivity index (χ3n) is 12.2. The highest BCUT2D eigenvalue weighted by Gasteiger charge is 2.29. The van der Waals surface area contributed by atoms with Gasteiger partial charge in [-0.3, -0.25) is 0 Å². The first-order valence-electron chi connectivity index (χ1n) is 19.1. The smallest absolute Gasteiger partial charge is 0.115 e. The van der Waals surface area contributed by atoms with Gasteiger partial charge in [0, 0.05) is 44.2 Å². The lowest BCUT2D eigenvalue weighted by Gasteiger charge is -2.26. The molecule has 2 nitrogen and oxygen atoms in total. The van der Waals surface area contributed by atoms with Gasteiger partial charge in [0.1, 0.15) is 149 Å². The molecular formula is C42H9B19N2. The second-order valence-corrected chi connectivity index (χ2v) is 15.4. The van der Waals surface area contributed by atoms with Crippen molar-refractivity contribution in [1.82, 2.24) is 9.13 Å². The Bertz CT molecular complexity index is 3510. The molecule has 0 N–H and O–H groups in total. The van der Waals surface area contributed by atoms with Gasteiger partial charge in [-0.2, -0.15) is 0 Å². The molecule has 0 aliphatic rings. The lowest BCUT2D eigenvalue weighted by atomic mass is 9.61. The highest BCUT2D eigenvalue weighted by Crippen LogP contribution is 2.32. The molecule has 0 amide bonds. The fourth-order valence-electron chi connectivity index (χ4n) is 8.91. The molecule has 38 radical (unpaired) electrons. The van der Waals surface area contributed by atoms with Crippen molar-refractivity contribution in [3.8, 4) is 33.6 Å². The van der Waals surface area contributed by atoms with E-state index in [0.717, 1.165) is 11.1 Å². The standard InChI is InChI=1S/C42H9B19N2/c43-19-13(21(45)32(56)38-15(19)17-23(47)25(49)28(52)34(58)39(17)62(38)12-8-6-11(7-9-12)10-4-2-1-3-5-10)14-20(44)16-18-24(48)26(50)29(53)35(59)41(18)63(40(16)33(57)22(14)46)42-36(60)30(54)27(51)31(55)37(42)61/h1-9H. The van der Waals surface area contributed by atoms with Crippen molar-refractivity contribution in [2.24, 2.45) is 0 Å². The van der Waals surface area contributed by atoms with Crippen LogP contribution >= 0.6 is 0 Å². The SMILES string of the molecule is [B]c1c([B])c([B])c(-n2c3c([B])c([B])c([B])c([B])c3c3c([B])c(-c4c([B])c([B])c5c(c4[B])c4c([B])c([B])c([B])c([B])c4n5-c4ccc(-c5ccccc5)cc4)c([B])c([B])c32)c([B])c1[B]. The average molecular weight is 747 g/mol. The first-order valence-corrected chi connectivity index (χ1v) is 19.1. The molecule has 2 aromatic heterocycles. The zero-order valence-corrected chi connectivity index (χ0v) is 33.6. The molecular weight excluding hydrogens is 738 g/mol. The molecule has 0 saturated heterocycles.